The van der Waals surface area contributed by atoms with Gasteiger partial charge in [-0.25, -0.2) is 4.79 Å². The second kappa shape index (κ2) is 17.8. The third-order valence-electron chi connectivity index (χ3n) is 7.32. The van der Waals surface area contributed by atoms with Gasteiger partial charge in [0.15, 0.2) is 6.29 Å². The van der Waals surface area contributed by atoms with Crippen LogP contribution < -0.4 is 10.6 Å². The molecule has 0 saturated carbocycles. The largest absolute Gasteiger partial charge is 0.388 e. The van der Waals surface area contributed by atoms with E-state index in [0.29, 0.717) is 18.0 Å². The lowest BCUT2D eigenvalue weighted by Gasteiger charge is -2.38. The number of amides is 4. The standard InChI is InChI=1S/C29H49N3O13/c1-18-23(37)24(38)25(39)26(44-18)42-16-15-41-14-13-31-27(40)28(2,3)17-43-29(4,5)11-12-30-19(33)7-6-8-22(36)45-32-20(34)9-10-21(32)35/h18,23-26,37-39H,6-17H2,1-5H3,(H,30,33)(H,31,40)/t18-,23-,24+,25+,26+/m0/s1. The highest BCUT2D eigenvalue weighted by Gasteiger charge is 2.42. The topological polar surface area (TPSA) is 219 Å². The molecule has 0 unspecified atom stereocenters. The molecule has 0 aromatic rings. The number of aliphatic hydroxyl groups excluding tert-OH is 3. The van der Waals surface area contributed by atoms with Crippen molar-refractivity contribution in [2.75, 3.05) is 39.5 Å². The SMILES string of the molecule is C[C@@H]1O[C@@H](OCCOCCNC(=O)C(C)(C)COC(C)(C)CCNC(=O)CCCC(=O)ON2C(=O)CCC2=O)[C@H](O)[C@H](O)[C@H]1O. The molecular weight excluding hydrogens is 598 g/mol. The van der Waals surface area contributed by atoms with Crippen LogP contribution in [0.2, 0.25) is 0 Å². The van der Waals surface area contributed by atoms with Crippen molar-refractivity contribution in [1.29, 1.82) is 0 Å². The third kappa shape index (κ3) is 12.9. The Hall–Kier alpha value is -2.73. The summed E-state index contributed by atoms with van der Waals surface area (Å²) >= 11 is 0. The molecule has 16 heteroatoms. The molecule has 0 radical (unpaired) electrons. The summed E-state index contributed by atoms with van der Waals surface area (Å²) in [7, 11) is 0. The summed E-state index contributed by atoms with van der Waals surface area (Å²) in [4.78, 5) is 64.4. The molecule has 0 bridgehead atoms. The number of hydrogen-bond donors (Lipinski definition) is 5. The zero-order valence-corrected chi connectivity index (χ0v) is 26.7. The van der Waals surface area contributed by atoms with Crippen LogP contribution in [0.25, 0.3) is 0 Å². The molecule has 0 aromatic heterocycles. The van der Waals surface area contributed by atoms with E-state index in [9.17, 15) is 39.3 Å². The molecule has 258 valence electrons. The Morgan fingerprint density at radius 3 is 2.24 bits per heavy atom. The predicted molar refractivity (Wildman–Crippen MR) is 155 cm³/mol. The zero-order chi connectivity index (χ0) is 33.8. The van der Waals surface area contributed by atoms with Gasteiger partial charge < -0.3 is 49.7 Å². The van der Waals surface area contributed by atoms with Crippen molar-refractivity contribution in [3.8, 4) is 0 Å². The summed E-state index contributed by atoms with van der Waals surface area (Å²) in [6.45, 7) is 9.87. The predicted octanol–water partition coefficient (Wildman–Crippen LogP) is -0.931. The molecule has 0 aromatic carbocycles. The Morgan fingerprint density at radius 1 is 0.911 bits per heavy atom. The van der Waals surface area contributed by atoms with E-state index >= 15 is 0 Å². The van der Waals surface area contributed by atoms with E-state index in [1.54, 1.807) is 20.8 Å². The van der Waals surface area contributed by atoms with Gasteiger partial charge >= 0.3 is 5.97 Å². The molecule has 2 saturated heterocycles. The molecule has 16 nitrogen and oxygen atoms in total. The number of aliphatic hydroxyl groups is 3. The molecule has 2 heterocycles. The van der Waals surface area contributed by atoms with Crippen molar-refractivity contribution in [1.82, 2.24) is 15.7 Å². The van der Waals surface area contributed by atoms with Crippen molar-refractivity contribution in [2.24, 2.45) is 5.41 Å². The number of nitrogens with one attached hydrogen (secondary N) is 2. The Labute approximate surface area is 263 Å². The van der Waals surface area contributed by atoms with E-state index in [2.05, 4.69) is 10.6 Å². The van der Waals surface area contributed by atoms with E-state index in [1.807, 2.05) is 13.8 Å². The number of hydroxylamine groups is 2. The monoisotopic (exact) mass is 647 g/mol. The average molecular weight is 648 g/mol. The van der Waals surface area contributed by atoms with Gasteiger partial charge in [-0.3, -0.25) is 19.2 Å². The fourth-order valence-corrected chi connectivity index (χ4v) is 4.26. The van der Waals surface area contributed by atoms with Crippen LogP contribution in [0.5, 0.6) is 0 Å². The maximum absolute atomic E-state index is 12.7. The maximum atomic E-state index is 12.7. The maximum Gasteiger partial charge on any atom is 0.333 e. The van der Waals surface area contributed by atoms with Crippen molar-refractivity contribution in [2.45, 2.75) is 109 Å². The highest BCUT2D eigenvalue weighted by Crippen LogP contribution is 2.23. The third-order valence-corrected chi connectivity index (χ3v) is 7.32. The highest BCUT2D eigenvalue weighted by molar-refractivity contribution is 6.01. The van der Waals surface area contributed by atoms with Crippen LogP contribution in [0, 0.1) is 5.41 Å². The van der Waals surface area contributed by atoms with Gasteiger partial charge in [0.2, 0.25) is 11.8 Å². The van der Waals surface area contributed by atoms with E-state index < -0.39 is 59.5 Å². The summed E-state index contributed by atoms with van der Waals surface area (Å²) in [6.07, 6.45) is -5.12. The molecule has 2 rings (SSSR count). The second-order valence-corrected chi connectivity index (χ2v) is 12.4. The first-order valence-electron chi connectivity index (χ1n) is 15.2. The van der Waals surface area contributed by atoms with Gasteiger partial charge in [-0.1, -0.05) is 0 Å². The highest BCUT2D eigenvalue weighted by atomic mass is 16.7. The number of rotatable bonds is 19. The van der Waals surface area contributed by atoms with Gasteiger partial charge in [-0.15, -0.1) is 5.06 Å². The summed E-state index contributed by atoms with van der Waals surface area (Å²) in [5.41, 5.74) is -1.49. The second-order valence-electron chi connectivity index (χ2n) is 12.4. The Bertz CT molecular complexity index is 1010. The van der Waals surface area contributed by atoms with Gasteiger partial charge in [0.25, 0.3) is 11.8 Å². The van der Waals surface area contributed by atoms with Crippen molar-refractivity contribution in [3.05, 3.63) is 0 Å². The molecule has 4 amide bonds. The number of nitrogens with zero attached hydrogens (tertiary/aromatic N) is 1. The van der Waals surface area contributed by atoms with Crippen LogP contribution >= 0.6 is 0 Å². The molecule has 2 aliphatic rings. The van der Waals surface area contributed by atoms with Crippen molar-refractivity contribution in [3.63, 3.8) is 0 Å². The minimum Gasteiger partial charge on any atom is -0.388 e. The molecule has 45 heavy (non-hydrogen) atoms. The Balaban J connectivity index is 1.54. The Kier molecular flexibility index (Phi) is 15.2. The van der Waals surface area contributed by atoms with E-state index in [1.165, 1.54) is 0 Å². The molecule has 5 N–H and O–H groups in total. The molecule has 2 aliphatic heterocycles. The number of carbonyl (C=O) groups is 5. The van der Waals surface area contributed by atoms with Crippen LogP contribution in [0.4, 0.5) is 0 Å². The Morgan fingerprint density at radius 2 is 1.58 bits per heavy atom. The first-order chi connectivity index (χ1) is 21.0. The van der Waals surface area contributed by atoms with Gasteiger partial charge in [0, 0.05) is 38.8 Å². The average Bonchev–Trinajstić information content (AvgIpc) is 3.28. The van der Waals surface area contributed by atoms with Crippen LogP contribution in [0.15, 0.2) is 0 Å². The minimum absolute atomic E-state index is 0.0133. The molecular formula is C29H49N3O13. The normalized spacial score (nSPS) is 24.1. The number of ether oxygens (including phenoxy) is 4. The smallest absolute Gasteiger partial charge is 0.333 e. The van der Waals surface area contributed by atoms with E-state index in [4.69, 9.17) is 23.8 Å². The fraction of sp³-hybridized carbons (Fsp3) is 0.828. The lowest BCUT2D eigenvalue weighted by molar-refractivity contribution is -0.294. The van der Waals surface area contributed by atoms with Crippen LogP contribution in [0.3, 0.4) is 0 Å². The lowest BCUT2D eigenvalue weighted by Crippen LogP contribution is -2.57. The number of carbonyl (C=O) groups excluding carboxylic acids is 5. The quantitative estimate of drug-likeness (QED) is 0.0846. The lowest BCUT2D eigenvalue weighted by atomic mass is 9.93. The van der Waals surface area contributed by atoms with E-state index in [-0.39, 0.29) is 76.9 Å². The first-order valence-corrected chi connectivity index (χ1v) is 15.2. The van der Waals surface area contributed by atoms with Crippen molar-refractivity contribution >= 4 is 29.6 Å². The van der Waals surface area contributed by atoms with E-state index in [0.717, 1.165) is 0 Å². The molecule has 0 spiro atoms. The summed E-state index contributed by atoms with van der Waals surface area (Å²) < 4.78 is 22.2. The summed E-state index contributed by atoms with van der Waals surface area (Å²) in [5, 5.41) is 35.5. The number of imide groups is 1. The fourth-order valence-electron chi connectivity index (χ4n) is 4.26. The molecule has 0 aliphatic carbocycles. The van der Waals surface area contributed by atoms with Crippen LogP contribution in [-0.2, 0) is 47.8 Å². The summed E-state index contributed by atoms with van der Waals surface area (Å²) in [6, 6.07) is 0. The zero-order valence-electron chi connectivity index (χ0n) is 26.7. The van der Waals surface area contributed by atoms with Crippen LogP contribution in [0.1, 0.15) is 73.1 Å². The minimum atomic E-state index is -1.39. The van der Waals surface area contributed by atoms with Gasteiger partial charge in [0.05, 0.1) is 43.5 Å². The molecule has 5 atom stereocenters. The van der Waals surface area contributed by atoms with Gasteiger partial charge in [0.1, 0.15) is 18.3 Å². The summed E-state index contributed by atoms with van der Waals surface area (Å²) in [5.74, 6) is -2.37. The van der Waals surface area contributed by atoms with Crippen LogP contribution in [-0.4, -0.2) is 126 Å². The van der Waals surface area contributed by atoms with Gasteiger partial charge in [-0.05, 0) is 47.5 Å². The number of hydrogen-bond acceptors (Lipinski definition) is 13. The molecule has 2 fully saturated rings. The van der Waals surface area contributed by atoms with Gasteiger partial charge in [-0.2, -0.15) is 0 Å². The van der Waals surface area contributed by atoms with Crippen molar-refractivity contribution < 1.29 is 63.1 Å². The first kappa shape index (κ1) is 38.5.